The predicted octanol–water partition coefficient (Wildman–Crippen LogP) is 3.40. The van der Waals surface area contributed by atoms with Crippen LogP contribution in [0.4, 0.5) is 17.1 Å². The summed E-state index contributed by atoms with van der Waals surface area (Å²) in [5.74, 6) is -2.82. The average molecular weight is 493 g/mol. The van der Waals surface area contributed by atoms with Gasteiger partial charge in [-0.3, -0.25) is 29.8 Å². The van der Waals surface area contributed by atoms with Crippen molar-refractivity contribution in [1.29, 1.82) is 0 Å². The van der Waals surface area contributed by atoms with E-state index >= 15 is 0 Å². The van der Waals surface area contributed by atoms with Crippen molar-refractivity contribution in [3.63, 3.8) is 0 Å². The zero-order valence-electron chi connectivity index (χ0n) is 18.4. The van der Waals surface area contributed by atoms with Gasteiger partial charge in [0.15, 0.2) is 6.61 Å². The van der Waals surface area contributed by atoms with Crippen molar-refractivity contribution in [2.75, 3.05) is 11.9 Å². The molecule has 13 heteroatoms. The van der Waals surface area contributed by atoms with Crippen LogP contribution in [0.3, 0.4) is 0 Å². The number of amides is 2. The zero-order valence-corrected chi connectivity index (χ0v) is 19.1. The van der Waals surface area contributed by atoms with Gasteiger partial charge in [0.05, 0.1) is 31.7 Å². The number of ether oxygens (including phenoxy) is 1. The smallest absolute Gasteiger partial charge is 0.329 e. The van der Waals surface area contributed by atoms with Crippen LogP contribution >= 0.6 is 11.6 Å². The van der Waals surface area contributed by atoms with Gasteiger partial charge in [-0.15, -0.1) is 0 Å². The fourth-order valence-corrected chi connectivity index (χ4v) is 3.15. The lowest BCUT2D eigenvalue weighted by molar-refractivity contribution is -0.385. The Morgan fingerprint density at radius 2 is 1.76 bits per heavy atom. The maximum Gasteiger partial charge on any atom is 0.329 e. The first-order valence-electron chi connectivity index (χ1n) is 9.87. The van der Waals surface area contributed by atoms with Crippen LogP contribution in [-0.2, 0) is 14.3 Å². The average Bonchev–Trinajstić information content (AvgIpc) is 2.76. The highest BCUT2D eigenvalue weighted by Crippen LogP contribution is 2.25. The first kappa shape index (κ1) is 26.2. The van der Waals surface area contributed by atoms with Gasteiger partial charge in [0.1, 0.15) is 6.04 Å². The Balaban J connectivity index is 2.03. The summed E-state index contributed by atoms with van der Waals surface area (Å²) in [6.45, 7) is 4.04. The molecule has 0 spiro atoms. The third kappa shape index (κ3) is 6.48. The van der Waals surface area contributed by atoms with Crippen LogP contribution < -0.4 is 10.6 Å². The molecule has 0 heterocycles. The Morgan fingerprint density at radius 3 is 2.32 bits per heavy atom. The number of nitrogens with one attached hydrogen (secondary N) is 2. The van der Waals surface area contributed by atoms with Gasteiger partial charge < -0.3 is 15.4 Å². The van der Waals surface area contributed by atoms with Crippen LogP contribution in [0, 0.1) is 33.1 Å². The van der Waals surface area contributed by atoms with Gasteiger partial charge in [-0.1, -0.05) is 31.5 Å². The van der Waals surface area contributed by atoms with E-state index < -0.39 is 46.2 Å². The van der Waals surface area contributed by atoms with E-state index in [2.05, 4.69) is 10.6 Å². The Hall–Kier alpha value is -4.06. The molecule has 34 heavy (non-hydrogen) atoms. The molecule has 0 aromatic heterocycles. The minimum Gasteiger partial charge on any atom is -0.454 e. The summed E-state index contributed by atoms with van der Waals surface area (Å²) in [6, 6.07) is 6.29. The second-order valence-corrected chi connectivity index (χ2v) is 7.89. The number of carbonyl (C=O) groups excluding carboxylic acids is 3. The Bertz CT molecular complexity index is 1150. The number of nitro groups is 2. The number of halogens is 1. The van der Waals surface area contributed by atoms with E-state index in [1.54, 1.807) is 13.8 Å². The molecule has 0 aliphatic rings. The predicted molar refractivity (Wildman–Crippen MR) is 122 cm³/mol. The molecule has 2 aromatic rings. The van der Waals surface area contributed by atoms with E-state index in [0.717, 1.165) is 18.2 Å². The molecule has 0 fully saturated rings. The fourth-order valence-electron chi connectivity index (χ4n) is 2.89. The number of hydrogen-bond acceptors (Lipinski definition) is 8. The van der Waals surface area contributed by atoms with Crippen molar-refractivity contribution in [2.24, 2.45) is 5.92 Å². The van der Waals surface area contributed by atoms with Crippen molar-refractivity contribution in [1.82, 2.24) is 5.32 Å². The highest BCUT2D eigenvalue weighted by atomic mass is 35.5. The molecule has 0 saturated carbocycles. The second-order valence-electron chi connectivity index (χ2n) is 7.48. The Morgan fingerprint density at radius 1 is 1.09 bits per heavy atom. The molecule has 0 radical (unpaired) electrons. The van der Waals surface area contributed by atoms with E-state index in [1.807, 2.05) is 0 Å². The van der Waals surface area contributed by atoms with E-state index in [1.165, 1.54) is 25.1 Å². The van der Waals surface area contributed by atoms with Gasteiger partial charge >= 0.3 is 5.97 Å². The highest BCUT2D eigenvalue weighted by Gasteiger charge is 2.28. The van der Waals surface area contributed by atoms with Crippen LogP contribution in [0.2, 0.25) is 5.02 Å². The lowest BCUT2D eigenvalue weighted by atomic mass is 10.0. The minimum absolute atomic E-state index is 0.0791. The molecule has 12 nitrogen and oxygen atoms in total. The summed E-state index contributed by atoms with van der Waals surface area (Å²) < 4.78 is 5.01. The number of nitro benzene ring substituents is 2. The largest absolute Gasteiger partial charge is 0.454 e. The topological polar surface area (TPSA) is 171 Å². The quantitative estimate of drug-likeness (QED) is 0.304. The molecule has 180 valence electrons. The standard InChI is InChI=1S/C21H21ClN4O8/c1-11(2)19(24-20(28)14-8-7-13(25(30)31)9-15(14)22)21(29)34-10-18(27)23-16-5-4-6-17(12(16)3)26(32)33/h4-9,11,19H,10H2,1-3H3,(H,23,27)(H,24,28). The SMILES string of the molecule is Cc1c(NC(=O)COC(=O)C(NC(=O)c2ccc([N+](=O)[O-])cc2Cl)C(C)C)cccc1[N+](=O)[O-]. The molecular formula is C21H21ClN4O8. The number of hydrogen-bond donors (Lipinski definition) is 2. The van der Waals surface area contributed by atoms with Gasteiger partial charge in [0.2, 0.25) is 0 Å². The van der Waals surface area contributed by atoms with Crippen molar-refractivity contribution in [2.45, 2.75) is 26.8 Å². The van der Waals surface area contributed by atoms with E-state index in [4.69, 9.17) is 16.3 Å². The molecule has 0 aliphatic carbocycles. The van der Waals surface area contributed by atoms with E-state index in [-0.39, 0.29) is 33.2 Å². The first-order valence-corrected chi connectivity index (χ1v) is 10.3. The molecule has 1 atom stereocenters. The van der Waals surface area contributed by atoms with Crippen LogP contribution in [-0.4, -0.2) is 40.3 Å². The molecule has 2 rings (SSSR count). The molecule has 0 bridgehead atoms. The monoisotopic (exact) mass is 492 g/mol. The van der Waals surface area contributed by atoms with Gasteiger partial charge in [-0.05, 0) is 25.0 Å². The highest BCUT2D eigenvalue weighted by molar-refractivity contribution is 6.34. The maximum absolute atomic E-state index is 12.6. The van der Waals surface area contributed by atoms with E-state index in [9.17, 15) is 34.6 Å². The lowest BCUT2D eigenvalue weighted by Gasteiger charge is -2.21. The summed E-state index contributed by atoms with van der Waals surface area (Å²) in [5, 5.41) is 26.6. The van der Waals surface area contributed by atoms with Crippen molar-refractivity contribution in [3.05, 3.63) is 72.8 Å². The minimum atomic E-state index is -1.15. The Kier molecular flexibility index (Phi) is 8.62. The maximum atomic E-state index is 12.6. The second kappa shape index (κ2) is 11.2. The zero-order chi connectivity index (χ0) is 25.6. The molecule has 0 aliphatic heterocycles. The van der Waals surface area contributed by atoms with Gasteiger partial charge in [-0.2, -0.15) is 0 Å². The number of nitrogens with zero attached hydrogens (tertiary/aromatic N) is 2. The molecule has 2 N–H and O–H groups in total. The van der Waals surface area contributed by atoms with Crippen LogP contribution in [0.1, 0.15) is 29.8 Å². The molecule has 2 aromatic carbocycles. The fraction of sp³-hybridized carbons (Fsp3) is 0.286. The third-order valence-corrected chi connectivity index (χ3v) is 5.05. The van der Waals surface area contributed by atoms with Gasteiger partial charge in [0.25, 0.3) is 23.2 Å². The van der Waals surface area contributed by atoms with Gasteiger partial charge in [0, 0.05) is 18.2 Å². The molecule has 1 unspecified atom stereocenters. The van der Waals surface area contributed by atoms with Crippen molar-refractivity contribution in [3.8, 4) is 0 Å². The van der Waals surface area contributed by atoms with Crippen LogP contribution in [0.25, 0.3) is 0 Å². The summed E-state index contributed by atoms with van der Waals surface area (Å²) in [4.78, 5) is 57.9. The molecule has 0 saturated heterocycles. The number of esters is 1. The van der Waals surface area contributed by atoms with Gasteiger partial charge in [-0.25, -0.2) is 4.79 Å². The number of anilines is 1. The summed E-state index contributed by atoms with van der Waals surface area (Å²) in [5.41, 5.74) is -0.130. The van der Waals surface area contributed by atoms with Crippen molar-refractivity contribution < 1.29 is 29.0 Å². The normalized spacial score (nSPS) is 11.4. The number of benzene rings is 2. The number of rotatable bonds is 9. The lowest BCUT2D eigenvalue weighted by Crippen LogP contribution is -2.46. The van der Waals surface area contributed by atoms with Crippen molar-refractivity contribution >= 4 is 46.4 Å². The van der Waals surface area contributed by atoms with Crippen LogP contribution in [0.5, 0.6) is 0 Å². The summed E-state index contributed by atoms with van der Waals surface area (Å²) >= 11 is 5.96. The van der Waals surface area contributed by atoms with E-state index in [0.29, 0.717) is 0 Å². The van der Waals surface area contributed by atoms with Crippen LogP contribution in [0.15, 0.2) is 36.4 Å². The summed E-state index contributed by atoms with van der Waals surface area (Å²) in [7, 11) is 0. The molecular weight excluding hydrogens is 472 g/mol. The number of non-ortho nitro benzene ring substituents is 1. The third-order valence-electron chi connectivity index (χ3n) is 4.74. The molecule has 2 amide bonds. The summed E-state index contributed by atoms with van der Waals surface area (Å²) in [6.07, 6.45) is 0. The number of carbonyl (C=O) groups is 3. The Labute approximate surface area is 198 Å². The first-order chi connectivity index (χ1) is 15.9.